The van der Waals surface area contributed by atoms with Crippen LogP contribution in [0.5, 0.6) is 0 Å². The van der Waals surface area contributed by atoms with E-state index in [0.29, 0.717) is 22.2 Å². The molecule has 0 spiro atoms. The average Bonchev–Trinajstić information content (AvgIpc) is 3.10. The van der Waals surface area contributed by atoms with Gasteiger partial charge >= 0.3 is 5.97 Å². The van der Waals surface area contributed by atoms with Gasteiger partial charge in [0.2, 0.25) is 10.0 Å². The van der Waals surface area contributed by atoms with Gasteiger partial charge in [0, 0.05) is 12.1 Å². The van der Waals surface area contributed by atoms with Gasteiger partial charge in [-0.15, -0.1) is 0 Å². The van der Waals surface area contributed by atoms with Crippen LogP contribution in [0.25, 0.3) is 22.2 Å². The van der Waals surface area contributed by atoms with Crippen LogP contribution >= 0.6 is 0 Å². The van der Waals surface area contributed by atoms with Gasteiger partial charge in [-0.2, -0.15) is 0 Å². The number of hydrogen-bond acceptors (Lipinski definition) is 5. The highest BCUT2D eigenvalue weighted by atomic mass is 32.2. The third kappa shape index (κ3) is 4.19. The summed E-state index contributed by atoms with van der Waals surface area (Å²) in [4.78, 5) is 16.0. The van der Waals surface area contributed by atoms with Crippen LogP contribution in [0, 0.1) is 0 Å². The van der Waals surface area contributed by atoms with Crippen molar-refractivity contribution in [2.75, 3.05) is 13.6 Å². The number of benzene rings is 2. The summed E-state index contributed by atoms with van der Waals surface area (Å²) >= 11 is 0. The minimum atomic E-state index is -3.69. The SMILES string of the molecule is CNS(=O)(=O)c1cccc(-c2cc(C(=O)O)cc3c2ncn3CC(F)=CCN)c1. The smallest absolute Gasteiger partial charge is 0.335 e. The van der Waals surface area contributed by atoms with Crippen LogP contribution in [-0.2, 0) is 16.6 Å². The molecule has 0 aliphatic rings. The van der Waals surface area contributed by atoms with Crippen LogP contribution < -0.4 is 10.5 Å². The number of allylic oxidation sites excluding steroid dienone is 1. The van der Waals surface area contributed by atoms with E-state index < -0.39 is 21.8 Å². The maximum absolute atomic E-state index is 13.9. The first-order valence-electron chi connectivity index (χ1n) is 8.57. The van der Waals surface area contributed by atoms with Gasteiger partial charge in [-0.1, -0.05) is 12.1 Å². The molecule has 3 aromatic rings. The van der Waals surface area contributed by atoms with E-state index in [9.17, 15) is 22.7 Å². The molecular formula is C19H19FN4O4S. The molecule has 0 unspecified atom stereocenters. The standard InChI is InChI=1S/C19H19FN4O4S/c1-22-29(27,28)15-4-2-3-12(7-15)16-8-13(19(25)26)9-17-18(16)23-11-24(17)10-14(20)5-6-21/h2-5,7-9,11,22H,6,10,21H2,1H3,(H,25,26). The predicted molar refractivity (Wildman–Crippen MR) is 107 cm³/mol. The summed E-state index contributed by atoms with van der Waals surface area (Å²) in [5.74, 6) is -1.64. The molecule has 0 saturated heterocycles. The van der Waals surface area contributed by atoms with E-state index in [1.165, 1.54) is 48.3 Å². The van der Waals surface area contributed by atoms with Gasteiger partial charge in [-0.05, 0) is 43.0 Å². The zero-order chi connectivity index (χ0) is 21.2. The van der Waals surface area contributed by atoms with Crippen molar-refractivity contribution in [3.8, 4) is 11.1 Å². The van der Waals surface area contributed by atoms with Crippen LogP contribution in [0.1, 0.15) is 10.4 Å². The number of nitrogens with two attached hydrogens (primary N) is 1. The number of carboxylic acid groups (broad SMARTS) is 1. The summed E-state index contributed by atoms with van der Waals surface area (Å²) in [5, 5.41) is 9.49. The molecule has 4 N–H and O–H groups in total. The fourth-order valence-corrected chi connectivity index (χ4v) is 3.71. The topological polar surface area (TPSA) is 127 Å². The molecule has 0 atom stereocenters. The van der Waals surface area contributed by atoms with Crippen molar-refractivity contribution < 1.29 is 22.7 Å². The van der Waals surface area contributed by atoms with Crippen LogP contribution in [-0.4, -0.2) is 42.6 Å². The van der Waals surface area contributed by atoms with Crippen molar-refractivity contribution in [1.82, 2.24) is 14.3 Å². The largest absolute Gasteiger partial charge is 0.478 e. The molecule has 0 saturated carbocycles. The van der Waals surface area contributed by atoms with E-state index in [-0.39, 0.29) is 23.5 Å². The summed E-state index contributed by atoms with van der Waals surface area (Å²) in [6.07, 6.45) is 2.62. The lowest BCUT2D eigenvalue weighted by atomic mass is 10.0. The Labute approximate surface area is 166 Å². The minimum absolute atomic E-state index is 0.0284. The minimum Gasteiger partial charge on any atom is -0.478 e. The molecule has 0 bridgehead atoms. The van der Waals surface area contributed by atoms with E-state index in [1.807, 2.05) is 0 Å². The summed E-state index contributed by atoms with van der Waals surface area (Å²) in [6, 6.07) is 8.89. The second-order valence-electron chi connectivity index (χ2n) is 6.19. The number of imidazole rings is 1. The molecule has 0 amide bonds. The molecule has 152 valence electrons. The first kappa shape index (κ1) is 20.6. The number of hydrogen-bond donors (Lipinski definition) is 3. The number of carbonyl (C=O) groups is 1. The van der Waals surface area contributed by atoms with Crippen LogP contribution in [0.3, 0.4) is 0 Å². The molecule has 3 rings (SSSR count). The Hall–Kier alpha value is -3.08. The molecule has 2 aromatic carbocycles. The van der Waals surface area contributed by atoms with Crippen LogP contribution in [0.15, 0.2) is 59.5 Å². The van der Waals surface area contributed by atoms with Gasteiger partial charge in [0.25, 0.3) is 0 Å². The van der Waals surface area contributed by atoms with Gasteiger partial charge in [0.1, 0.15) is 5.83 Å². The number of aromatic nitrogens is 2. The molecule has 10 heteroatoms. The average molecular weight is 418 g/mol. The summed E-state index contributed by atoms with van der Waals surface area (Å²) in [5.41, 5.74) is 7.02. The molecule has 0 aliphatic heterocycles. The van der Waals surface area contributed by atoms with E-state index in [4.69, 9.17) is 5.73 Å². The third-order valence-corrected chi connectivity index (χ3v) is 5.77. The molecule has 8 nitrogen and oxygen atoms in total. The number of rotatable bonds is 7. The predicted octanol–water partition coefficient (Wildman–Crippen LogP) is 2.12. The normalized spacial score (nSPS) is 12.4. The highest BCUT2D eigenvalue weighted by molar-refractivity contribution is 7.89. The van der Waals surface area contributed by atoms with Crippen molar-refractivity contribution in [1.29, 1.82) is 0 Å². The van der Waals surface area contributed by atoms with Gasteiger partial charge < -0.3 is 15.4 Å². The van der Waals surface area contributed by atoms with E-state index in [2.05, 4.69) is 9.71 Å². The first-order chi connectivity index (χ1) is 13.8. The summed E-state index contributed by atoms with van der Waals surface area (Å²) < 4.78 is 41.9. The van der Waals surface area contributed by atoms with E-state index in [1.54, 1.807) is 12.1 Å². The quantitative estimate of drug-likeness (QED) is 0.539. The Bertz CT molecular complexity index is 1220. The molecule has 1 aromatic heterocycles. The number of fused-ring (bicyclic) bond motifs is 1. The third-order valence-electron chi connectivity index (χ3n) is 4.36. The van der Waals surface area contributed by atoms with Crippen molar-refractivity contribution >= 4 is 27.0 Å². The monoisotopic (exact) mass is 418 g/mol. The Morgan fingerprint density at radius 3 is 2.76 bits per heavy atom. The highest BCUT2D eigenvalue weighted by Crippen LogP contribution is 2.31. The lowest BCUT2D eigenvalue weighted by molar-refractivity contribution is 0.0697. The summed E-state index contributed by atoms with van der Waals surface area (Å²) in [7, 11) is -2.38. The molecule has 29 heavy (non-hydrogen) atoms. The van der Waals surface area contributed by atoms with E-state index in [0.717, 1.165) is 0 Å². The molecular weight excluding hydrogens is 399 g/mol. The number of nitrogens with one attached hydrogen (secondary N) is 1. The number of nitrogens with zero attached hydrogens (tertiary/aromatic N) is 2. The second-order valence-corrected chi connectivity index (χ2v) is 8.08. The Morgan fingerprint density at radius 2 is 2.10 bits per heavy atom. The summed E-state index contributed by atoms with van der Waals surface area (Å²) in [6.45, 7) is -0.110. The maximum atomic E-state index is 13.9. The molecule has 0 radical (unpaired) electrons. The molecule has 0 fully saturated rings. The lowest BCUT2D eigenvalue weighted by Crippen LogP contribution is -2.18. The van der Waals surface area contributed by atoms with Crippen molar-refractivity contribution in [3.05, 3.63) is 60.2 Å². The molecule has 0 aliphatic carbocycles. The van der Waals surface area contributed by atoms with Crippen LogP contribution in [0.4, 0.5) is 4.39 Å². The number of aromatic carboxylic acids is 1. The molecule has 1 heterocycles. The Balaban J connectivity index is 2.23. The van der Waals surface area contributed by atoms with Gasteiger partial charge in [-0.25, -0.2) is 27.3 Å². The first-order valence-corrected chi connectivity index (χ1v) is 10.1. The fraction of sp³-hybridized carbons (Fsp3) is 0.158. The van der Waals surface area contributed by atoms with Crippen molar-refractivity contribution in [3.63, 3.8) is 0 Å². The Kier molecular flexibility index (Phi) is 5.78. The zero-order valence-electron chi connectivity index (χ0n) is 15.5. The van der Waals surface area contributed by atoms with Crippen molar-refractivity contribution in [2.24, 2.45) is 5.73 Å². The van der Waals surface area contributed by atoms with Gasteiger partial charge in [0.15, 0.2) is 0 Å². The van der Waals surface area contributed by atoms with Crippen LogP contribution in [0.2, 0.25) is 0 Å². The number of halogens is 1. The zero-order valence-corrected chi connectivity index (χ0v) is 16.3. The number of carboxylic acids is 1. The fourth-order valence-electron chi connectivity index (χ4n) is 2.94. The maximum Gasteiger partial charge on any atom is 0.335 e. The van der Waals surface area contributed by atoms with E-state index >= 15 is 0 Å². The highest BCUT2D eigenvalue weighted by Gasteiger charge is 2.18. The lowest BCUT2D eigenvalue weighted by Gasteiger charge is -2.09. The van der Waals surface area contributed by atoms with Gasteiger partial charge in [0.05, 0.1) is 34.4 Å². The van der Waals surface area contributed by atoms with Gasteiger partial charge in [-0.3, -0.25) is 0 Å². The van der Waals surface area contributed by atoms with Crippen molar-refractivity contribution in [2.45, 2.75) is 11.4 Å². The Morgan fingerprint density at radius 1 is 1.34 bits per heavy atom. The second kappa shape index (κ2) is 8.11. The number of sulfonamides is 1.